The fraction of sp³-hybridized carbons (Fsp3) is 0.200. The Labute approximate surface area is 206 Å². The van der Waals surface area contributed by atoms with Crippen molar-refractivity contribution in [3.8, 4) is 16.5 Å². The van der Waals surface area contributed by atoms with E-state index in [1.807, 2.05) is 83.7 Å². The van der Waals surface area contributed by atoms with Gasteiger partial charge in [-0.2, -0.15) is 5.10 Å². The zero-order valence-electron chi connectivity index (χ0n) is 18.8. The lowest BCUT2D eigenvalue weighted by Crippen LogP contribution is -2.28. The van der Waals surface area contributed by atoms with Crippen LogP contribution in [0.4, 0.5) is 0 Å². The predicted molar refractivity (Wildman–Crippen MR) is 135 cm³/mol. The molecule has 1 unspecified atom stereocenters. The number of carbonyl (C=O) groups is 1. The van der Waals surface area contributed by atoms with Crippen LogP contribution < -0.4 is 4.74 Å². The molecule has 0 bridgehead atoms. The SMILES string of the molecule is COc1ccc(C2CC(c3ccccc3)=NN2C(=O)CSc2nnc(-c3cccs3)n2C)cc1. The first kappa shape index (κ1) is 22.4. The van der Waals surface area contributed by atoms with Crippen LogP contribution in [0.25, 0.3) is 10.7 Å². The van der Waals surface area contributed by atoms with Crippen LogP contribution in [0.3, 0.4) is 0 Å². The van der Waals surface area contributed by atoms with Gasteiger partial charge in [0.1, 0.15) is 5.75 Å². The van der Waals surface area contributed by atoms with E-state index in [2.05, 4.69) is 10.2 Å². The summed E-state index contributed by atoms with van der Waals surface area (Å²) in [6.07, 6.45) is 0.652. The normalized spacial score (nSPS) is 15.4. The molecule has 2 aromatic carbocycles. The van der Waals surface area contributed by atoms with Crippen molar-refractivity contribution in [3.05, 3.63) is 83.2 Å². The van der Waals surface area contributed by atoms with Crippen molar-refractivity contribution in [1.82, 2.24) is 19.8 Å². The lowest BCUT2D eigenvalue weighted by Gasteiger charge is -2.22. The minimum Gasteiger partial charge on any atom is -0.497 e. The fourth-order valence-electron chi connectivity index (χ4n) is 3.88. The summed E-state index contributed by atoms with van der Waals surface area (Å²) in [4.78, 5) is 14.4. The monoisotopic (exact) mass is 489 g/mol. The first-order valence-corrected chi connectivity index (χ1v) is 12.7. The van der Waals surface area contributed by atoms with Crippen molar-refractivity contribution in [1.29, 1.82) is 0 Å². The molecular formula is C25H23N5O2S2. The highest BCUT2D eigenvalue weighted by atomic mass is 32.2. The molecule has 172 valence electrons. The molecule has 4 aromatic rings. The highest BCUT2D eigenvalue weighted by molar-refractivity contribution is 7.99. The zero-order valence-corrected chi connectivity index (χ0v) is 20.4. The average molecular weight is 490 g/mol. The van der Waals surface area contributed by atoms with Crippen LogP contribution in [0.15, 0.2) is 82.4 Å². The van der Waals surface area contributed by atoms with Crippen LogP contribution in [0.1, 0.15) is 23.6 Å². The Bertz CT molecular complexity index is 1300. The van der Waals surface area contributed by atoms with Gasteiger partial charge in [0.25, 0.3) is 5.91 Å². The summed E-state index contributed by atoms with van der Waals surface area (Å²) in [6, 6.07) is 21.7. The van der Waals surface area contributed by atoms with E-state index < -0.39 is 0 Å². The van der Waals surface area contributed by atoms with Gasteiger partial charge in [-0.15, -0.1) is 21.5 Å². The number of thiophene rings is 1. The van der Waals surface area contributed by atoms with E-state index in [-0.39, 0.29) is 17.7 Å². The number of carbonyl (C=O) groups excluding carboxylic acids is 1. The average Bonchev–Trinajstić information content (AvgIpc) is 3.63. The number of nitrogens with zero attached hydrogens (tertiary/aromatic N) is 5. The van der Waals surface area contributed by atoms with E-state index in [9.17, 15) is 4.79 Å². The van der Waals surface area contributed by atoms with Crippen molar-refractivity contribution >= 4 is 34.7 Å². The van der Waals surface area contributed by atoms with Gasteiger partial charge in [-0.25, -0.2) is 5.01 Å². The molecule has 5 rings (SSSR count). The maximum Gasteiger partial charge on any atom is 0.253 e. The third-order valence-corrected chi connectivity index (χ3v) is 7.55. The summed E-state index contributed by atoms with van der Waals surface area (Å²) >= 11 is 2.99. The van der Waals surface area contributed by atoms with Gasteiger partial charge in [0.15, 0.2) is 11.0 Å². The quantitative estimate of drug-likeness (QED) is 0.341. The number of hydrogen-bond acceptors (Lipinski definition) is 7. The van der Waals surface area contributed by atoms with Gasteiger partial charge >= 0.3 is 0 Å². The molecule has 7 nitrogen and oxygen atoms in total. The van der Waals surface area contributed by atoms with Crippen molar-refractivity contribution in [2.45, 2.75) is 17.6 Å². The highest BCUT2D eigenvalue weighted by Gasteiger charge is 2.33. The van der Waals surface area contributed by atoms with Crippen LogP contribution in [-0.2, 0) is 11.8 Å². The standard InChI is InChI=1S/C25H23N5O2S2/c1-29-24(22-9-6-14-33-22)26-27-25(29)34-16-23(31)30-21(18-10-12-19(32-2)13-11-18)15-20(28-30)17-7-4-3-5-8-17/h3-14,21H,15-16H2,1-2H3. The van der Waals surface area contributed by atoms with Crippen molar-refractivity contribution in [3.63, 3.8) is 0 Å². The smallest absolute Gasteiger partial charge is 0.253 e. The number of hydrogen-bond donors (Lipinski definition) is 0. The number of aromatic nitrogens is 3. The topological polar surface area (TPSA) is 72.6 Å². The van der Waals surface area contributed by atoms with E-state index in [0.29, 0.717) is 11.6 Å². The number of hydrazone groups is 1. The third kappa shape index (κ3) is 4.49. The Hall–Kier alpha value is -3.43. The summed E-state index contributed by atoms with van der Waals surface area (Å²) in [5, 5.41) is 17.7. The van der Waals surface area contributed by atoms with E-state index in [1.54, 1.807) is 23.5 Å². The van der Waals surface area contributed by atoms with Gasteiger partial charge < -0.3 is 9.30 Å². The number of methoxy groups -OCH3 is 1. The largest absolute Gasteiger partial charge is 0.497 e. The molecule has 0 N–H and O–H groups in total. The van der Waals surface area contributed by atoms with Crippen LogP contribution in [0.5, 0.6) is 5.75 Å². The number of ether oxygens (including phenoxy) is 1. The number of amides is 1. The third-order valence-electron chi connectivity index (χ3n) is 5.67. The van der Waals surface area contributed by atoms with E-state index in [1.165, 1.54) is 11.8 Å². The number of thioether (sulfide) groups is 1. The summed E-state index contributed by atoms with van der Waals surface area (Å²) in [6.45, 7) is 0. The van der Waals surface area contributed by atoms with Gasteiger partial charge in [-0.05, 0) is 34.7 Å². The Kier molecular flexibility index (Phi) is 6.46. The molecule has 0 aliphatic carbocycles. The summed E-state index contributed by atoms with van der Waals surface area (Å²) < 4.78 is 7.22. The van der Waals surface area contributed by atoms with E-state index in [4.69, 9.17) is 9.84 Å². The molecule has 1 amide bonds. The molecule has 1 aliphatic heterocycles. The lowest BCUT2D eigenvalue weighted by atomic mass is 9.98. The van der Waals surface area contributed by atoms with Gasteiger partial charge in [0.2, 0.25) is 0 Å². The highest BCUT2D eigenvalue weighted by Crippen LogP contribution is 2.34. The van der Waals surface area contributed by atoms with Crippen molar-refractivity contribution < 1.29 is 9.53 Å². The molecule has 0 radical (unpaired) electrons. The van der Waals surface area contributed by atoms with Crippen LogP contribution >= 0.6 is 23.1 Å². The molecular weight excluding hydrogens is 466 g/mol. The van der Waals surface area contributed by atoms with Crippen LogP contribution in [-0.4, -0.2) is 44.3 Å². The summed E-state index contributed by atoms with van der Waals surface area (Å²) in [5.41, 5.74) is 2.95. The van der Waals surface area contributed by atoms with Crippen molar-refractivity contribution in [2.24, 2.45) is 12.1 Å². The Morgan fingerprint density at radius 2 is 1.88 bits per heavy atom. The van der Waals surface area contributed by atoms with Crippen LogP contribution in [0, 0.1) is 0 Å². The number of benzene rings is 2. The molecule has 3 heterocycles. The molecule has 0 fully saturated rings. The first-order valence-electron chi connectivity index (χ1n) is 10.8. The van der Waals surface area contributed by atoms with Crippen molar-refractivity contribution in [2.75, 3.05) is 12.9 Å². The molecule has 1 atom stereocenters. The van der Waals surface area contributed by atoms with Gasteiger partial charge in [-0.1, -0.05) is 60.3 Å². The molecule has 0 saturated heterocycles. The number of rotatable bonds is 7. The van der Waals surface area contributed by atoms with Gasteiger partial charge in [-0.3, -0.25) is 4.79 Å². The molecule has 9 heteroatoms. The molecule has 34 heavy (non-hydrogen) atoms. The minimum atomic E-state index is -0.171. The molecule has 2 aromatic heterocycles. The van der Waals surface area contributed by atoms with Gasteiger partial charge in [0, 0.05) is 13.5 Å². The second-order valence-corrected chi connectivity index (χ2v) is 9.67. The Morgan fingerprint density at radius 3 is 2.59 bits per heavy atom. The van der Waals surface area contributed by atoms with Gasteiger partial charge in [0.05, 0.1) is 29.5 Å². The summed E-state index contributed by atoms with van der Waals surface area (Å²) in [5.74, 6) is 1.72. The van der Waals surface area contributed by atoms with Crippen LogP contribution in [0.2, 0.25) is 0 Å². The summed E-state index contributed by atoms with van der Waals surface area (Å²) in [7, 11) is 3.56. The lowest BCUT2D eigenvalue weighted by molar-refractivity contribution is -0.130. The Morgan fingerprint density at radius 1 is 1.09 bits per heavy atom. The van der Waals surface area contributed by atoms with E-state index >= 15 is 0 Å². The second kappa shape index (κ2) is 9.82. The molecule has 1 aliphatic rings. The Balaban J connectivity index is 1.37. The second-order valence-electron chi connectivity index (χ2n) is 7.78. The predicted octanol–water partition coefficient (Wildman–Crippen LogP) is 5.02. The molecule has 0 saturated carbocycles. The van der Waals surface area contributed by atoms with E-state index in [0.717, 1.165) is 33.3 Å². The minimum absolute atomic E-state index is 0.0718. The zero-order chi connectivity index (χ0) is 23.5. The fourth-order valence-corrected chi connectivity index (χ4v) is 5.39. The molecule has 0 spiro atoms. The maximum atomic E-state index is 13.4. The maximum absolute atomic E-state index is 13.4. The first-order chi connectivity index (χ1) is 16.6.